The molecular formula is C6H2F10. The Labute approximate surface area is 81.5 Å². The maximum Gasteiger partial charge on any atom is 0.442 e. The molecule has 0 aliphatic heterocycles. The SMILES string of the molecule is F/C(=C\C(C(F)(F)F)C(F)(F)F)C(F)(F)F. The van der Waals surface area contributed by atoms with E-state index < -0.39 is 36.3 Å². The summed E-state index contributed by atoms with van der Waals surface area (Å²) in [6, 6.07) is 0. The molecule has 0 aliphatic rings. The van der Waals surface area contributed by atoms with Crippen molar-refractivity contribution >= 4 is 0 Å². The average molecular weight is 264 g/mol. The molecule has 0 amide bonds. The quantitative estimate of drug-likeness (QED) is 0.624. The predicted molar refractivity (Wildman–Crippen MR) is 30.8 cm³/mol. The molecular weight excluding hydrogens is 262 g/mol. The van der Waals surface area contributed by atoms with Gasteiger partial charge in [-0.1, -0.05) is 0 Å². The van der Waals surface area contributed by atoms with Crippen molar-refractivity contribution in [2.45, 2.75) is 18.5 Å². The van der Waals surface area contributed by atoms with Crippen LogP contribution in [0.2, 0.25) is 0 Å². The van der Waals surface area contributed by atoms with Gasteiger partial charge >= 0.3 is 18.5 Å². The molecule has 0 unspecified atom stereocenters. The number of hydrogen-bond donors (Lipinski definition) is 0. The average Bonchev–Trinajstić information content (AvgIpc) is 1.92. The van der Waals surface area contributed by atoms with Crippen LogP contribution in [-0.4, -0.2) is 18.5 Å². The fourth-order valence-corrected chi connectivity index (χ4v) is 0.615. The highest BCUT2D eigenvalue weighted by Gasteiger charge is 2.56. The molecule has 10 heteroatoms. The molecule has 0 rings (SSSR count). The van der Waals surface area contributed by atoms with Crippen LogP contribution < -0.4 is 0 Å². The summed E-state index contributed by atoms with van der Waals surface area (Å²) in [6.07, 6.45) is -19.5. The van der Waals surface area contributed by atoms with Crippen molar-refractivity contribution in [3.05, 3.63) is 11.9 Å². The van der Waals surface area contributed by atoms with Crippen LogP contribution >= 0.6 is 0 Å². The lowest BCUT2D eigenvalue weighted by atomic mass is 10.1. The maximum atomic E-state index is 12.0. The van der Waals surface area contributed by atoms with Gasteiger partial charge in [-0.25, -0.2) is 4.39 Å². The zero-order valence-electron chi connectivity index (χ0n) is 6.93. The molecule has 0 fully saturated rings. The summed E-state index contributed by atoms with van der Waals surface area (Å²) in [6.45, 7) is 0. The second kappa shape index (κ2) is 4.13. The Kier molecular flexibility index (Phi) is 3.88. The van der Waals surface area contributed by atoms with E-state index in [1.165, 1.54) is 0 Å². The summed E-state index contributed by atoms with van der Waals surface area (Å²) in [5.74, 6) is -7.92. The highest BCUT2D eigenvalue weighted by Crippen LogP contribution is 2.42. The van der Waals surface area contributed by atoms with E-state index in [9.17, 15) is 43.9 Å². The Hall–Kier alpha value is -0.960. The first-order valence-corrected chi connectivity index (χ1v) is 3.34. The van der Waals surface area contributed by atoms with Gasteiger partial charge in [-0.05, 0) is 6.08 Å². The Morgan fingerprint density at radius 1 is 0.750 bits per heavy atom. The molecule has 96 valence electrons. The van der Waals surface area contributed by atoms with Crippen LogP contribution in [0.5, 0.6) is 0 Å². The number of halogens is 10. The zero-order chi connectivity index (χ0) is 13.4. The predicted octanol–water partition coefficient (Wildman–Crippen LogP) is 4.14. The lowest BCUT2D eigenvalue weighted by Gasteiger charge is -2.20. The summed E-state index contributed by atoms with van der Waals surface area (Å²) in [5, 5.41) is 0. The number of hydrogen-bond acceptors (Lipinski definition) is 0. The van der Waals surface area contributed by atoms with Crippen molar-refractivity contribution in [2.75, 3.05) is 0 Å². The summed E-state index contributed by atoms with van der Waals surface area (Å²) in [5.41, 5.74) is 0. The van der Waals surface area contributed by atoms with Crippen LogP contribution in [0.3, 0.4) is 0 Å². The van der Waals surface area contributed by atoms with Gasteiger partial charge in [0.05, 0.1) is 0 Å². The van der Waals surface area contributed by atoms with Crippen molar-refractivity contribution in [3.63, 3.8) is 0 Å². The summed E-state index contributed by atoms with van der Waals surface area (Å²) < 4.78 is 116. The third-order valence-corrected chi connectivity index (χ3v) is 1.29. The topological polar surface area (TPSA) is 0 Å². The third kappa shape index (κ3) is 4.27. The van der Waals surface area contributed by atoms with Crippen LogP contribution in [0.1, 0.15) is 0 Å². The lowest BCUT2D eigenvalue weighted by Crippen LogP contribution is -2.35. The van der Waals surface area contributed by atoms with Crippen molar-refractivity contribution in [3.8, 4) is 0 Å². The van der Waals surface area contributed by atoms with Crippen molar-refractivity contribution in [1.82, 2.24) is 0 Å². The zero-order valence-corrected chi connectivity index (χ0v) is 6.93. The largest absolute Gasteiger partial charge is 0.442 e. The minimum Gasteiger partial charge on any atom is -0.202 e. The van der Waals surface area contributed by atoms with Gasteiger partial charge in [-0.2, -0.15) is 39.5 Å². The van der Waals surface area contributed by atoms with Crippen LogP contribution in [-0.2, 0) is 0 Å². The van der Waals surface area contributed by atoms with Crippen LogP contribution in [0, 0.1) is 5.92 Å². The summed E-state index contributed by atoms with van der Waals surface area (Å²) in [7, 11) is 0. The van der Waals surface area contributed by atoms with E-state index in [2.05, 4.69) is 0 Å². The highest BCUT2D eigenvalue weighted by atomic mass is 19.4. The second-order valence-corrected chi connectivity index (χ2v) is 2.57. The Bertz CT molecular complexity index is 249. The third-order valence-electron chi connectivity index (χ3n) is 1.29. The van der Waals surface area contributed by atoms with Gasteiger partial charge in [-0.3, -0.25) is 0 Å². The molecule has 0 radical (unpaired) electrons. The smallest absolute Gasteiger partial charge is 0.202 e. The monoisotopic (exact) mass is 264 g/mol. The van der Waals surface area contributed by atoms with Crippen LogP contribution in [0.25, 0.3) is 0 Å². The van der Waals surface area contributed by atoms with Crippen molar-refractivity contribution in [1.29, 1.82) is 0 Å². The van der Waals surface area contributed by atoms with Crippen molar-refractivity contribution in [2.24, 2.45) is 5.92 Å². The normalized spacial score (nSPS) is 15.8. The number of allylic oxidation sites excluding steroid dienone is 2. The van der Waals surface area contributed by atoms with E-state index in [1.807, 2.05) is 0 Å². The van der Waals surface area contributed by atoms with E-state index in [1.54, 1.807) is 0 Å². The van der Waals surface area contributed by atoms with E-state index in [0.29, 0.717) is 0 Å². The van der Waals surface area contributed by atoms with E-state index in [4.69, 9.17) is 0 Å². The fourth-order valence-electron chi connectivity index (χ4n) is 0.615. The summed E-state index contributed by atoms with van der Waals surface area (Å²) >= 11 is 0. The van der Waals surface area contributed by atoms with Gasteiger partial charge < -0.3 is 0 Å². The molecule has 0 nitrogen and oxygen atoms in total. The first-order chi connectivity index (χ1) is 6.76. The molecule has 0 aromatic carbocycles. The van der Waals surface area contributed by atoms with E-state index >= 15 is 0 Å². The molecule has 0 saturated heterocycles. The maximum absolute atomic E-state index is 12.0. The molecule has 0 aromatic rings. The van der Waals surface area contributed by atoms with Crippen molar-refractivity contribution < 1.29 is 43.9 Å². The van der Waals surface area contributed by atoms with Gasteiger partial charge in [0.2, 0.25) is 5.83 Å². The second-order valence-electron chi connectivity index (χ2n) is 2.57. The Balaban J connectivity index is 5.28. The molecule has 0 saturated carbocycles. The number of rotatable bonds is 1. The molecule has 0 heterocycles. The molecule has 16 heavy (non-hydrogen) atoms. The lowest BCUT2D eigenvalue weighted by molar-refractivity contribution is -0.268. The Morgan fingerprint density at radius 3 is 1.25 bits per heavy atom. The van der Waals surface area contributed by atoms with Gasteiger partial charge in [-0.15, -0.1) is 0 Å². The van der Waals surface area contributed by atoms with E-state index in [0.717, 1.165) is 0 Å². The highest BCUT2D eigenvalue weighted by molar-refractivity contribution is 5.05. The first kappa shape index (κ1) is 15.0. The minimum atomic E-state index is -6.04. The number of alkyl halides is 9. The van der Waals surface area contributed by atoms with Crippen LogP contribution in [0.15, 0.2) is 11.9 Å². The standard InChI is InChI=1S/C6H2F10/c7-3(6(14,15)16)1-2(4(8,9)10)5(11,12)13/h1-2H/b3-1-. The molecule has 0 spiro atoms. The van der Waals surface area contributed by atoms with Gasteiger partial charge in [0.25, 0.3) is 0 Å². The molecule has 0 bridgehead atoms. The van der Waals surface area contributed by atoms with Crippen LogP contribution in [0.4, 0.5) is 43.9 Å². The van der Waals surface area contributed by atoms with Gasteiger partial charge in [0.15, 0.2) is 5.92 Å². The molecule has 0 N–H and O–H groups in total. The first-order valence-electron chi connectivity index (χ1n) is 3.34. The summed E-state index contributed by atoms with van der Waals surface area (Å²) in [4.78, 5) is 0. The minimum absolute atomic E-state index is 1.54. The fraction of sp³-hybridized carbons (Fsp3) is 0.667. The molecule has 0 atom stereocenters. The molecule has 0 aromatic heterocycles. The molecule has 0 aliphatic carbocycles. The van der Waals surface area contributed by atoms with E-state index in [-0.39, 0.29) is 0 Å². The van der Waals surface area contributed by atoms with Gasteiger partial charge in [0.1, 0.15) is 0 Å². The Morgan fingerprint density at radius 2 is 1.06 bits per heavy atom. The van der Waals surface area contributed by atoms with Gasteiger partial charge in [0, 0.05) is 0 Å².